The van der Waals surface area contributed by atoms with Crippen molar-refractivity contribution in [3.05, 3.63) is 24.3 Å². The normalized spacial score (nSPS) is 13.7. The molecule has 1 aromatic rings. The topological polar surface area (TPSA) is 64.4 Å². The Kier molecular flexibility index (Phi) is 5.22. The number of nitrogens with two attached hydrogens (primary N) is 1. The Labute approximate surface area is 121 Å². The minimum atomic E-state index is -4.45. The van der Waals surface area contributed by atoms with Crippen LogP contribution in [0.2, 0.25) is 0 Å². The monoisotopic (exact) mass is 304 g/mol. The summed E-state index contributed by atoms with van der Waals surface area (Å²) in [7, 11) is 0. The van der Waals surface area contributed by atoms with E-state index in [1.807, 2.05) is 0 Å². The van der Waals surface area contributed by atoms with Crippen molar-refractivity contribution in [1.82, 2.24) is 0 Å². The maximum Gasteiger partial charge on any atom is 0.422 e. The first-order valence-corrected chi connectivity index (χ1v) is 6.36. The summed E-state index contributed by atoms with van der Waals surface area (Å²) >= 11 is 0. The van der Waals surface area contributed by atoms with Gasteiger partial charge in [0.15, 0.2) is 6.61 Å². The van der Waals surface area contributed by atoms with Crippen LogP contribution in [-0.4, -0.2) is 24.7 Å². The van der Waals surface area contributed by atoms with Crippen LogP contribution in [0.1, 0.15) is 20.8 Å². The third-order valence-electron chi connectivity index (χ3n) is 2.75. The summed E-state index contributed by atoms with van der Waals surface area (Å²) in [4.78, 5) is 12.0. The largest absolute Gasteiger partial charge is 0.482 e. The number of benzene rings is 1. The molecule has 0 unspecified atom stereocenters. The number of hydrogen-bond donors (Lipinski definition) is 2. The van der Waals surface area contributed by atoms with Crippen molar-refractivity contribution in [1.29, 1.82) is 0 Å². The second-order valence-corrected chi connectivity index (χ2v) is 5.73. The third-order valence-corrected chi connectivity index (χ3v) is 2.75. The van der Waals surface area contributed by atoms with Crippen molar-refractivity contribution in [3.63, 3.8) is 0 Å². The van der Waals surface area contributed by atoms with E-state index < -0.39 is 30.1 Å². The molecular weight excluding hydrogens is 285 g/mol. The first-order chi connectivity index (χ1) is 9.50. The zero-order valence-electron chi connectivity index (χ0n) is 12.1. The minimum Gasteiger partial charge on any atom is -0.482 e. The maximum atomic E-state index is 12.2. The fourth-order valence-corrected chi connectivity index (χ4v) is 1.46. The smallest absolute Gasteiger partial charge is 0.422 e. The van der Waals surface area contributed by atoms with Crippen molar-refractivity contribution in [2.75, 3.05) is 11.9 Å². The van der Waals surface area contributed by atoms with E-state index in [1.165, 1.54) is 18.2 Å². The second kappa shape index (κ2) is 6.34. The maximum absolute atomic E-state index is 12.2. The fourth-order valence-electron chi connectivity index (χ4n) is 1.46. The van der Waals surface area contributed by atoms with Gasteiger partial charge in [0.25, 0.3) is 0 Å². The van der Waals surface area contributed by atoms with Crippen LogP contribution in [0, 0.1) is 5.41 Å². The average molecular weight is 304 g/mol. The Bertz CT molecular complexity index is 496. The molecule has 0 spiro atoms. The van der Waals surface area contributed by atoms with E-state index >= 15 is 0 Å². The summed E-state index contributed by atoms with van der Waals surface area (Å²) in [5.41, 5.74) is 5.49. The van der Waals surface area contributed by atoms with Crippen LogP contribution in [0.5, 0.6) is 5.75 Å². The molecule has 0 saturated heterocycles. The number of carbonyl (C=O) groups is 1. The number of para-hydroxylation sites is 2. The molecule has 1 aromatic carbocycles. The zero-order valence-corrected chi connectivity index (χ0v) is 12.1. The molecule has 0 aliphatic rings. The lowest BCUT2D eigenvalue weighted by Gasteiger charge is -2.26. The van der Waals surface area contributed by atoms with E-state index in [4.69, 9.17) is 5.73 Å². The molecule has 1 rings (SSSR count). The fraction of sp³-hybridized carbons (Fsp3) is 0.500. The SMILES string of the molecule is CC(C)(C)[C@@H](N)C(=O)Nc1ccccc1OCC(F)(F)F. The number of alkyl halides is 3. The number of carbonyl (C=O) groups excluding carboxylic acids is 1. The molecule has 7 heteroatoms. The molecule has 0 bridgehead atoms. The summed E-state index contributed by atoms with van der Waals surface area (Å²) in [6.45, 7) is 3.96. The lowest BCUT2D eigenvalue weighted by molar-refractivity contribution is -0.153. The van der Waals surface area contributed by atoms with Gasteiger partial charge in [0, 0.05) is 0 Å². The van der Waals surface area contributed by atoms with Crippen LogP contribution in [0.3, 0.4) is 0 Å². The van der Waals surface area contributed by atoms with E-state index in [0.717, 1.165) is 0 Å². The van der Waals surface area contributed by atoms with Gasteiger partial charge in [-0.3, -0.25) is 4.79 Å². The summed E-state index contributed by atoms with van der Waals surface area (Å²) in [6.07, 6.45) is -4.45. The van der Waals surface area contributed by atoms with Gasteiger partial charge in [-0.25, -0.2) is 0 Å². The Morgan fingerprint density at radius 2 is 1.86 bits per heavy atom. The highest BCUT2D eigenvalue weighted by atomic mass is 19.4. The summed E-state index contributed by atoms with van der Waals surface area (Å²) in [5, 5.41) is 2.50. The number of anilines is 1. The molecule has 1 amide bonds. The molecule has 118 valence electrons. The van der Waals surface area contributed by atoms with Gasteiger partial charge >= 0.3 is 6.18 Å². The highest BCUT2D eigenvalue weighted by Crippen LogP contribution is 2.27. The molecule has 21 heavy (non-hydrogen) atoms. The number of halogens is 3. The summed E-state index contributed by atoms with van der Waals surface area (Å²) in [5.74, 6) is -0.533. The Morgan fingerprint density at radius 3 is 2.38 bits per heavy atom. The van der Waals surface area contributed by atoms with Crippen LogP contribution in [0.15, 0.2) is 24.3 Å². The van der Waals surface area contributed by atoms with Crippen molar-refractivity contribution in [3.8, 4) is 5.75 Å². The molecule has 0 saturated carbocycles. The Hall–Kier alpha value is -1.76. The van der Waals surface area contributed by atoms with Crippen molar-refractivity contribution in [2.24, 2.45) is 11.1 Å². The lowest BCUT2D eigenvalue weighted by atomic mass is 9.87. The van der Waals surface area contributed by atoms with E-state index in [2.05, 4.69) is 10.1 Å². The van der Waals surface area contributed by atoms with E-state index in [0.29, 0.717) is 0 Å². The van der Waals surface area contributed by atoms with Crippen LogP contribution >= 0.6 is 0 Å². The van der Waals surface area contributed by atoms with Crippen molar-refractivity contribution >= 4 is 11.6 Å². The van der Waals surface area contributed by atoms with Crippen molar-refractivity contribution in [2.45, 2.75) is 33.0 Å². The molecule has 0 heterocycles. The number of hydrogen-bond acceptors (Lipinski definition) is 3. The van der Waals surface area contributed by atoms with Gasteiger partial charge in [0.05, 0.1) is 11.7 Å². The number of rotatable bonds is 4. The van der Waals surface area contributed by atoms with Crippen LogP contribution < -0.4 is 15.8 Å². The number of amides is 1. The van der Waals surface area contributed by atoms with Gasteiger partial charge in [-0.2, -0.15) is 13.2 Å². The van der Waals surface area contributed by atoms with Gasteiger partial charge in [-0.05, 0) is 17.5 Å². The van der Waals surface area contributed by atoms with Gasteiger partial charge in [0.1, 0.15) is 5.75 Å². The number of ether oxygens (including phenoxy) is 1. The minimum absolute atomic E-state index is 0.0516. The molecule has 0 radical (unpaired) electrons. The van der Waals surface area contributed by atoms with Crippen molar-refractivity contribution < 1.29 is 22.7 Å². The van der Waals surface area contributed by atoms with E-state index in [-0.39, 0.29) is 11.4 Å². The van der Waals surface area contributed by atoms with E-state index in [1.54, 1.807) is 26.8 Å². The zero-order chi connectivity index (χ0) is 16.3. The average Bonchev–Trinajstić information content (AvgIpc) is 2.34. The predicted octanol–water partition coefficient (Wildman–Crippen LogP) is 2.94. The molecular formula is C14H19F3N2O2. The molecule has 0 fully saturated rings. The molecule has 0 aromatic heterocycles. The highest BCUT2D eigenvalue weighted by molar-refractivity contribution is 5.96. The van der Waals surface area contributed by atoms with Crippen LogP contribution in [-0.2, 0) is 4.79 Å². The third kappa shape index (κ3) is 5.63. The molecule has 0 aliphatic carbocycles. The first-order valence-electron chi connectivity index (χ1n) is 6.36. The summed E-state index contributed by atoms with van der Waals surface area (Å²) < 4.78 is 41.3. The molecule has 0 aliphatic heterocycles. The Morgan fingerprint density at radius 1 is 1.29 bits per heavy atom. The summed E-state index contributed by atoms with van der Waals surface area (Å²) in [6, 6.07) is 5.11. The molecule has 3 N–H and O–H groups in total. The lowest BCUT2D eigenvalue weighted by Crippen LogP contribution is -2.45. The van der Waals surface area contributed by atoms with Gasteiger partial charge in [-0.15, -0.1) is 0 Å². The molecule has 4 nitrogen and oxygen atoms in total. The molecule has 1 atom stereocenters. The highest BCUT2D eigenvalue weighted by Gasteiger charge is 2.30. The predicted molar refractivity (Wildman–Crippen MR) is 74.1 cm³/mol. The quantitative estimate of drug-likeness (QED) is 0.899. The Balaban J connectivity index is 2.82. The number of nitrogens with one attached hydrogen (secondary N) is 1. The second-order valence-electron chi connectivity index (χ2n) is 5.73. The standard InChI is InChI=1S/C14H19F3N2O2/c1-13(2,3)11(18)12(20)19-9-6-4-5-7-10(9)21-8-14(15,16)17/h4-7,11H,8,18H2,1-3H3,(H,19,20)/t11-/m0/s1. The van der Waals surface area contributed by atoms with Crippen LogP contribution in [0.4, 0.5) is 18.9 Å². The van der Waals surface area contributed by atoms with Gasteiger partial charge in [0.2, 0.25) is 5.91 Å². The van der Waals surface area contributed by atoms with Gasteiger partial charge in [-0.1, -0.05) is 32.9 Å². The van der Waals surface area contributed by atoms with Crippen LogP contribution in [0.25, 0.3) is 0 Å². The van der Waals surface area contributed by atoms with Gasteiger partial charge < -0.3 is 15.8 Å². The first kappa shape index (κ1) is 17.3. The van der Waals surface area contributed by atoms with E-state index in [9.17, 15) is 18.0 Å².